The molecule has 2 N–H and O–H groups in total. The van der Waals surface area contributed by atoms with E-state index in [0.717, 1.165) is 0 Å². The molecule has 2 aromatic carbocycles. The van der Waals surface area contributed by atoms with E-state index in [0.29, 0.717) is 16.9 Å². The van der Waals surface area contributed by atoms with E-state index in [4.69, 9.17) is 4.74 Å². The van der Waals surface area contributed by atoms with Crippen LogP contribution in [0.3, 0.4) is 0 Å². The van der Waals surface area contributed by atoms with E-state index in [1.54, 1.807) is 24.3 Å². The van der Waals surface area contributed by atoms with Crippen molar-refractivity contribution in [3.63, 3.8) is 0 Å². The Bertz CT molecular complexity index is 838. The third kappa shape index (κ3) is 3.05. The van der Waals surface area contributed by atoms with Crippen molar-refractivity contribution >= 4 is 0 Å². The molecule has 7 heteroatoms. The number of alkyl halides is 3. The first kappa shape index (κ1) is 15.9. The van der Waals surface area contributed by atoms with Crippen LogP contribution in [0.25, 0.3) is 22.5 Å². The fraction of sp³-hybridized carbons (Fsp3) is 0.118. The van der Waals surface area contributed by atoms with E-state index in [2.05, 4.69) is 9.97 Å². The van der Waals surface area contributed by atoms with Crippen LogP contribution in [0.4, 0.5) is 13.2 Å². The minimum absolute atomic E-state index is 0.0281. The Kier molecular flexibility index (Phi) is 3.92. The standard InChI is InChI=1S/C17H13F3N2O2/c1-24-13-8-4-11(5-9-13)15-14(10-2-6-12(23)7-3-10)21-16(22-15)17(18,19)20/h2-9,23H,1H3,(H,21,22). The molecule has 0 saturated heterocycles. The zero-order chi connectivity index (χ0) is 17.3. The van der Waals surface area contributed by atoms with Gasteiger partial charge in [-0.05, 0) is 48.5 Å². The first-order valence-electron chi connectivity index (χ1n) is 6.99. The molecule has 0 aliphatic rings. The van der Waals surface area contributed by atoms with Gasteiger partial charge in [-0.25, -0.2) is 4.98 Å². The summed E-state index contributed by atoms with van der Waals surface area (Å²) in [6.45, 7) is 0. The van der Waals surface area contributed by atoms with Crippen LogP contribution in [-0.4, -0.2) is 22.2 Å². The predicted molar refractivity (Wildman–Crippen MR) is 82.7 cm³/mol. The van der Waals surface area contributed by atoms with Gasteiger partial charge in [-0.15, -0.1) is 0 Å². The van der Waals surface area contributed by atoms with Crippen molar-refractivity contribution in [3.05, 3.63) is 54.4 Å². The van der Waals surface area contributed by atoms with E-state index in [1.807, 2.05) is 0 Å². The molecule has 0 unspecified atom stereocenters. The number of rotatable bonds is 3. The van der Waals surface area contributed by atoms with Crippen molar-refractivity contribution in [2.45, 2.75) is 6.18 Å². The molecular formula is C17H13F3N2O2. The van der Waals surface area contributed by atoms with Crippen LogP contribution in [0, 0.1) is 0 Å². The monoisotopic (exact) mass is 334 g/mol. The molecule has 0 aliphatic heterocycles. The number of hydrogen-bond donors (Lipinski definition) is 2. The van der Waals surface area contributed by atoms with Gasteiger partial charge >= 0.3 is 6.18 Å². The van der Waals surface area contributed by atoms with Crippen molar-refractivity contribution in [1.82, 2.24) is 9.97 Å². The lowest BCUT2D eigenvalue weighted by molar-refractivity contribution is -0.144. The average molecular weight is 334 g/mol. The number of halogens is 3. The van der Waals surface area contributed by atoms with E-state index in [9.17, 15) is 18.3 Å². The summed E-state index contributed by atoms with van der Waals surface area (Å²) in [5.74, 6) is -0.451. The lowest BCUT2D eigenvalue weighted by atomic mass is 10.0. The Morgan fingerprint density at radius 2 is 1.54 bits per heavy atom. The molecule has 3 aromatic rings. The number of phenolic OH excluding ortho intramolecular Hbond substituents is 1. The Labute approximate surface area is 135 Å². The Hall–Kier alpha value is -2.96. The van der Waals surface area contributed by atoms with Gasteiger partial charge in [-0.2, -0.15) is 13.2 Å². The van der Waals surface area contributed by atoms with Crippen LogP contribution in [0.5, 0.6) is 11.5 Å². The number of nitrogens with zero attached hydrogens (tertiary/aromatic N) is 1. The van der Waals surface area contributed by atoms with E-state index in [1.165, 1.54) is 31.4 Å². The molecule has 1 aromatic heterocycles. The highest BCUT2D eigenvalue weighted by molar-refractivity contribution is 5.79. The number of H-pyrrole nitrogens is 1. The number of imidazole rings is 1. The number of hydrogen-bond acceptors (Lipinski definition) is 3. The first-order chi connectivity index (χ1) is 11.4. The molecule has 24 heavy (non-hydrogen) atoms. The summed E-state index contributed by atoms with van der Waals surface area (Å²) in [4.78, 5) is 6.06. The molecular weight excluding hydrogens is 321 g/mol. The number of methoxy groups -OCH3 is 1. The van der Waals surface area contributed by atoms with E-state index < -0.39 is 12.0 Å². The van der Waals surface area contributed by atoms with Gasteiger partial charge in [0, 0.05) is 11.1 Å². The predicted octanol–water partition coefficient (Wildman–Crippen LogP) is 4.48. The number of ether oxygens (including phenoxy) is 1. The molecule has 124 valence electrons. The summed E-state index contributed by atoms with van der Waals surface area (Å²) in [5, 5.41) is 9.36. The van der Waals surface area contributed by atoms with Crippen molar-refractivity contribution in [3.8, 4) is 34.0 Å². The third-order valence-electron chi connectivity index (χ3n) is 3.49. The van der Waals surface area contributed by atoms with Gasteiger partial charge in [0.1, 0.15) is 11.5 Å². The first-order valence-corrected chi connectivity index (χ1v) is 6.99. The lowest BCUT2D eigenvalue weighted by Gasteiger charge is -2.05. The SMILES string of the molecule is COc1ccc(-c2nc(C(F)(F)F)[nH]c2-c2ccc(O)cc2)cc1. The minimum Gasteiger partial charge on any atom is -0.508 e. The van der Waals surface area contributed by atoms with Gasteiger partial charge in [0.05, 0.1) is 18.5 Å². The minimum atomic E-state index is -4.59. The number of benzene rings is 2. The summed E-state index contributed by atoms with van der Waals surface area (Å²) in [6, 6.07) is 12.4. The Balaban J connectivity index is 2.15. The third-order valence-corrected chi connectivity index (χ3v) is 3.49. The van der Waals surface area contributed by atoms with E-state index >= 15 is 0 Å². The van der Waals surface area contributed by atoms with Gasteiger partial charge in [-0.1, -0.05) is 0 Å². The van der Waals surface area contributed by atoms with Gasteiger partial charge in [0.2, 0.25) is 5.82 Å². The molecule has 1 heterocycles. The maximum absolute atomic E-state index is 13.0. The number of aromatic amines is 1. The summed E-state index contributed by atoms with van der Waals surface area (Å²) in [6.07, 6.45) is -4.59. The second-order valence-electron chi connectivity index (χ2n) is 5.08. The Morgan fingerprint density at radius 1 is 0.958 bits per heavy atom. The van der Waals surface area contributed by atoms with Crippen LogP contribution < -0.4 is 4.74 Å². The highest BCUT2D eigenvalue weighted by Gasteiger charge is 2.36. The lowest BCUT2D eigenvalue weighted by Crippen LogP contribution is -2.07. The van der Waals surface area contributed by atoms with Crippen LogP contribution in [0.15, 0.2) is 48.5 Å². The highest BCUT2D eigenvalue weighted by atomic mass is 19.4. The summed E-state index contributed by atoms with van der Waals surface area (Å²) in [7, 11) is 1.51. The smallest absolute Gasteiger partial charge is 0.449 e. The van der Waals surface area contributed by atoms with Crippen LogP contribution >= 0.6 is 0 Å². The summed E-state index contributed by atoms with van der Waals surface area (Å²) in [5.41, 5.74) is 1.41. The zero-order valence-corrected chi connectivity index (χ0v) is 12.6. The van der Waals surface area contributed by atoms with Gasteiger partial charge in [-0.3, -0.25) is 0 Å². The molecule has 0 saturated carbocycles. The molecule has 0 radical (unpaired) electrons. The van der Waals surface area contributed by atoms with Crippen molar-refractivity contribution < 1.29 is 23.0 Å². The van der Waals surface area contributed by atoms with Crippen LogP contribution in [0.1, 0.15) is 5.82 Å². The zero-order valence-electron chi connectivity index (χ0n) is 12.6. The summed E-state index contributed by atoms with van der Waals surface area (Å²) < 4.78 is 44.2. The van der Waals surface area contributed by atoms with Crippen molar-refractivity contribution in [1.29, 1.82) is 0 Å². The maximum Gasteiger partial charge on any atom is 0.449 e. The largest absolute Gasteiger partial charge is 0.508 e. The quantitative estimate of drug-likeness (QED) is 0.743. The molecule has 3 rings (SSSR count). The molecule has 0 aliphatic carbocycles. The topological polar surface area (TPSA) is 58.1 Å². The van der Waals surface area contributed by atoms with E-state index in [-0.39, 0.29) is 17.1 Å². The summed E-state index contributed by atoms with van der Waals surface area (Å²) >= 11 is 0. The molecule has 0 spiro atoms. The van der Waals surface area contributed by atoms with Crippen molar-refractivity contribution in [2.75, 3.05) is 7.11 Å². The normalized spacial score (nSPS) is 11.5. The maximum atomic E-state index is 13.0. The molecule has 0 atom stereocenters. The molecule has 4 nitrogen and oxygen atoms in total. The number of aromatic hydroxyl groups is 1. The fourth-order valence-corrected chi connectivity index (χ4v) is 2.30. The highest BCUT2D eigenvalue weighted by Crippen LogP contribution is 2.36. The number of phenols is 1. The Morgan fingerprint density at radius 3 is 2.08 bits per heavy atom. The molecule has 0 amide bonds. The average Bonchev–Trinajstić information content (AvgIpc) is 3.01. The van der Waals surface area contributed by atoms with Gasteiger partial charge in [0.25, 0.3) is 0 Å². The van der Waals surface area contributed by atoms with Crippen LogP contribution in [-0.2, 0) is 6.18 Å². The number of nitrogens with one attached hydrogen (secondary N) is 1. The van der Waals surface area contributed by atoms with Gasteiger partial charge < -0.3 is 14.8 Å². The number of aromatic nitrogens is 2. The van der Waals surface area contributed by atoms with Gasteiger partial charge in [0.15, 0.2) is 0 Å². The second-order valence-corrected chi connectivity index (χ2v) is 5.08. The van der Waals surface area contributed by atoms with Crippen molar-refractivity contribution in [2.24, 2.45) is 0 Å². The molecule has 0 fully saturated rings. The molecule has 0 bridgehead atoms. The second kappa shape index (κ2) is 5.92. The van der Waals surface area contributed by atoms with Crippen LogP contribution in [0.2, 0.25) is 0 Å². The fourth-order valence-electron chi connectivity index (χ4n) is 2.30.